The Hall–Kier alpha value is -5.67. The standard InChI is InChI=1S/C49H55N3O10S/c1-33-32-48(2,3)51(24-25-60-27-26-59-6)41-31-43-38(30-37(33)41)35(28-42(61-43)34-14-9-7-10-15-34)16-13-17-44-49(4,5)39-29-36(63(56,57)58)19-20-40(39)50(44)23-12-8-11-18-47(55)62-52-45(53)21-22-46(52)54/h7,9-10,13-17,19-20,28-32H,8,11-12,18,21-27H2,1-6H3/p+1. The highest BCUT2D eigenvalue weighted by Crippen LogP contribution is 2.47. The lowest BCUT2D eigenvalue weighted by Crippen LogP contribution is -2.46. The molecule has 4 aliphatic rings. The first kappa shape index (κ1) is 45.4. The smallest absolute Gasteiger partial charge is 0.333 e. The molecule has 7 rings (SSSR count). The van der Waals surface area contributed by atoms with Crippen LogP contribution in [0.4, 0.5) is 11.4 Å². The van der Waals surface area contributed by atoms with Crippen LogP contribution in [0, 0.1) is 0 Å². The van der Waals surface area contributed by atoms with E-state index in [9.17, 15) is 27.4 Å². The molecular weight excluding hydrogens is 823 g/mol. The molecule has 0 aliphatic carbocycles. The number of carbonyl (C=O) groups is 3. The van der Waals surface area contributed by atoms with Gasteiger partial charge in [-0.2, -0.15) is 13.0 Å². The number of hydroxylamine groups is 2. The van der Waals surface area contributed by atoms with Crippen molar-refractivity contribution >= 4 is 61.9 Å². The number of hydrogen-bond donors (Lipinski definition) is 1. The van der Waals surface area contributed by atoms with E-state index in [0.29, 0.717) is 63.0 Å². The predicted octanol–water partition coefficient (Wildman–Crippen LogP) is 8.22. The molecule has 0 unspecified atom stereocenters. The molecule has 332 valence electrons. The average Bonchev–Trinajstić information content (AvgIpc) is 3.66. The van der Waals surface area contributed by atoms with Crippen LogP contribution in [-0.4, -0.2) is 91.7 Å². The van der Waals surface area contributed by atoms with Gasteiger partial charge in [-0.15, -0.1) is 5.06 Å². The zero-order valence-electron chi connectivity index (χ0n) is 36.8. The molecule has 3 aromatic carbocycles. The maximum Gasteiger partial charge on any atom is 0.333 e. The van der Waals surface area contributed by atoms with Crippen LogP contribution in [0.25, 0.3) is 16.9 Å². The van der Waals surface area contributed by atoms with E-state index in [2.05, 4.69) is 60.6 Å². The Bertz CT molecular complexity index is 2550. The minimum atomic E-state index is -4.46. The average molecular weight is 879 g/mol. The van der Waals surface area contributed by atoms with Crippen molar-refractivity contribution in [1.29, 1.82) is 0 Å². The molecule has 0 bridgehead atoms. The fourth-order valence-corrected chi connectivity index (χ4v) is 9.30. The molecule has 13 nitrogen and oxygen atoms in total. The molecule has 2 amide bonds. The van der Waals surface area contributed by atoms with E-state index >= 15 is 0 Å². The second kappa shape index (κ2) is 18.6. The lowest BCUT2D eigenvalue weighted by Gasteiger charge is -2.44. The van der Waals surface area contributed by atoms with Crippen LogP contribution in [0.2, 0.25) is 0 Å². The van der Waals surface area contributed by atoms with Gasteiger partial charge in [0.2, 0.25) is 5.69 Å². The van der Waals surface area contributed by atoms with E-state index in [1.165, 1.54) is 12.1 Å². The first-order valence-electron chi connectivity index (χ1n) is 21.4. The van der Waals surface area contributed by atoms with Crippen molar-refractivity contribution < 1.29 is 51.0 Å². The van der Waals surface area contributed by atoms with E-state index in [-0.39, 0.29) is 29.7 Å². The van der Waals surface area contributed by atoms with Gasteiger partial charge < -0.3 is 23.9 Å². The number of allylic oxidation sites excluding steroid dienone is 6. The van der Waals surface area contributed by atoms with Crippen molar-refractivity contribution in [2.75, 3.05) is 44.9 Å². The van der Waals surface area contributed by atoms with Crippen molar-refractivity contribution in [3.63, 3.8) is 0 Å². The molecule has 0 aromatic heterocycles. The highest BCUT2D eigenvalue weighted by molar-refractivity contribution is 7.85. The summed E-state index contributed by atoms with van der Waals surface area (Å²) in [7, 11) is -2.79. The molecule has 0 spiro atoms. The Balaban J connectivity index is 1.21. The summed E-state index contributed by atoms with van der Waals surface area (Å²) in [4.78, 5) is 43.4. The summed E-state index contributed by atoms with van der Waals surface area (Å²) < 4.78 is 54.5. The lowest BCUT2D eigenvalue weighted by atomic mass is 9.81. The normalized spacial score (nSPS) is 18.4. The third kappa shape index (κ3) is 9.79. The van der Waals surface area contributed by atoms with E-state index < -0.39 is 33.3 Å². The molecule has 4 aliphatic heterocycles. The number of imide groups is 1. The highest BCUT2D eigenvalue weighted by Gasteiger charge is 2.45. The quantitative estimate of drug-likeness (QED) is 0.0605. The highest BCUT2D eigenvalue weighted by atomic mass is 32.2. The van der Waals surface area contributed by atoms with Gasteiger partial charge in [-0.1, -0.05) is 48.6 Å². The first-order valence-corrected chi connectivity index (χ1v) is 22.8. The molecule has 0 atom stereocenters. The number of amides is 2. The fourth-order valence-electron chi connectivity index (χ4n) is 8.79. The van der Waals surface area contributed by atoms with Gasteiger partial charge in [0, 0.05) is 85.5 Å². The largest absolute Gasteiger partial charge is 0.456 e. The molecule has 3 aromatic rings. The van der Waals surface area contributed by atoms with E-state index in [4.69, 9.17) is 19.0 Å². The molecule has 0 radical (unpaired) electrons. The van der Waals surface area contributed by atoms with Crippen LogP contribution in [0.1, 0.15) is 95.4 Å². The van der Waals surface area contributed by atoms with Crippen LogP contribution < -0.4 is 9.64 Å². The van der Waals surface area contributed by atoms with E-state index in [1.807, 2.05) is 56.3 Å². The van der Waals surface area contributed by atoms with Crippen LogP contribution in [-0.2, 0) is 44.2 Å². The molecule has 0 saturated carbocycles. The van der Waals surface area contributed by atoms with Gasteiger partial charge in [0.1, 0.15) is 18.1 Å². The molecule has 63 heavy (non-hydrogen) atoms. The summed E-state index contributed by atoms with van der Waals surface area (Å²) in [5, 5.41) is 0.566. The summed E-state index contributed by atoms with van der Waals surface area (Å²) in [6.07, 6.45) is 12.4. The number of anilines is 1. The third-order valence-electron chi connectivity index (χ3n) is 12.0. The van der Waals surface area contributed by atoms with Gasteiger partial charge in [-0.05, 0) is 82.9 Å². The summed E-state index contributed by atoms with van der Waals surface area (Å²) >= 11 is 0. The van der Waals surface area contributed by atoms with Gasteiger partial charge in [0.05, 0.1) is 35.7 Å². The Morgan fingerprint density at radius 3 is 2.40 bits per heavy atom. The Kier molecular flexibility index (Phi) is 13.4. The number of ether oxygens (including phenoxy) is 3. The van der Waals surface area contributed by atoms with Gasteiger partial charge in [0.25, 0.3) is 21.9 Å². The SMILES string of the molecule is COCCOCCN1c2cc3c(cc2C(C)=CC1(C)C)/C(=C/C=C/C1=[N+](CCCCCC(=O)ON2C(=O)CCC2=O)c2ccc(S(=O)(=O)O)cc2C1(C)C)C=C(c1ccccc1)O3. The van der Waals surface area contributed by atoms with Crippen molar-refractivity contribution in [3.8, 4) is 5.75 Å². The summed E-state index contributed by atoms with van der Waals surface area (Å²) in [6.45, 7) is 13.4. The number of nitrogens with zero attached hydrogens (tertiary/aromatic N) is 3. The molecular formula is C49H56N3O10S+. The first-order chi connectivity index (χ1) is 30.0. The third-order valence-corrected chi connectivity index (χ3v) is 12.8. The van der Waals surface area contributed by atoms with E-state index in [1.54, 1.807) is 13.2 Å². The maximum atomic E-state index is 12.5. The second-order valence-electron chi connectivity index (χ2n) is 17.2. The number of hydrogen-bond acceptors (Lipinski definition) is 10. The number of carbonyl (C=O) groups excluding carboxylic acids is 3. The van der Waals surface area contributed by atoms with Crippen molar-refractivity contribution in [1.82, 2.24) is 5.06 Å². The van der Waals surface area contributed by atoms with Crippen LogP contribution in [0.15, 0.2) is 95.9 Å². The summed E-state index contributed by atoms with van der Waals surface area (Å²) in [6, 6.07) is 19.0. The molecule has 4 heterocycles. The molecule has 1 saturated heterocycles. The number of rotatable bonds is 17. The fraction of sp³-hybridized carbons (Fsp3) is 0.388. The number of benzene rings is 3. The van der Waals surface area contributed by atoms with E-state index in [0.717, 1.165) is 56.2 Å². The van der Waals surface area contributed by atoms with Crippen LogP contribution >= 0.6 is 0 Å². The van der Waals surface area contributed by atoms with Crippen molar-refractivity contribution in [3.05, 3.63) is 113 Å². The second-order valence-corrected chi connectivity index (χ2v) is 18.7. The van der Waals surface area contributed by atoms with Crippen molar-refractivity contribution in [2.24, 2.45) is 0 Å². The monoisotopic (exact) mass is 878 g/mol. The van der Waals surface area contributed by atoms with Crippen molar-refractivity contribution in [2.45, 2.75) is 89.0 Å². The van der Waals surface area contributed by atoms with Gasteiger partial charge in [0.15, 0.2) is 5.71 Å². The predicted molar refractivity (Wildman–Crippen MR) is 241 cm³/mol. The van der Waals surface area contributed by atoms with Gasteiger partial charge >= 0.3 is 5.97 Å². The number of methoxy groups -OCH3 is 1. The minimum absolute atomic E-state index is 0.0344. The lowest BCUT2D eigenvalue weighted by molar-refractivity contribution is -0.438. The molecule has 1 N–H and O–H groups in total. The Morgan fingerprint density at radius 1 is 0.937 bits per heavy atom. The Morgan fingerprint density at radius 2 is 1.68 bits per heavy atom. The molecule has 14 heteroatoms. The number of unbranched alkanes of at least 4 members (excludes halogenated alkanes) is 2. The summed E-state index contributed by atoms with van der Waals surface area (Å²) in [5.74, 6) is -0.224. The Labute approximate surface area is 369 Å². The topological polar surface area (TPSA) is 152 Å². The molecule has 1 fully saturated rings. The zero-order chi connectivity index (χ0) is 45.1. The zero-order valence-corrected chi connectivity index (χ0v) is 37.6. The van der Waals surface area contributed by atoms with Crippen LogP contribution in [0.5, 0.6) is 5.75 Å². The van der Waals surface area contributed by atoms with Crippen LogP contribution in [0.3, 0.4) is 0 Å². The maximum absolute atomic E-state index is 12.5. The number of fused-ring (bicyclic) bond motifs is 3. The minimum Gasteiger partial charge on any atom is -0.456 e. The summed E-state index contributed by atoms with van der Waals surface area (Å²) in [5.41, 5.74) is 7.70. The van der Waals surface area contributed by atoms with Gasteiger partial charge in [-0.3, -0.25) is 14.1 Å². The van der Waals surface area contributed by atoms with Gasteiger partial charge in [-0.25, -0.2) is 4.79 Å².